The molecule has 5 heteroatoms. The Balaban J connectivity index is 2.22. The number of hydrogen-bond acceptors (Lipinski definition) is 2. The van der Waals surface area contributed by atoms with Gasteiger partial charge in [-0.2, -0.15) is 4.99 Å². The predicted octanol–water partition coefficient (Wildman–Crippen LogP) is 4.31. The van der Waals surface area contributed by atoms with E-state index in [4.69, 9.17) is 12.2 Å². The van der Waals surface area contributed by atoms with E-state index in [-0.39, 0.29) is 0 Å². The fourth-order valence-corrected chi connectivity index (χ4v) is 3.25. The number of nitrogens with zero attached hydrogens (tertiary/aromatic N) is 2. The van der Waals surface area contributed by atoms with Crippen LogP contribution in [0.15, 0.2) is 65.7 Å². The van der Waals surface area contributed by atoms with E-state index in [1.807, 2.05) is 24.3 Å². The first-order chi connectivity index (χ1) is 11.2. The van der Waals surface area contributed by atoms with Crippen LogP contribution in [0.2, 0.25) is 0 Å². The van der Waals surface area contributed by atoms with E-state index in [0.29, 0.717) is 5.11 Å². The number of hydrogen-bond donors (Lipinski definition) is 1. The molecule has 2 rings (SSSR count). The molecule has 1 N–H and O–H groups in total. The van der Waals surface area contributed by atoms with Gasteiger partial charge in [-0.3, -0.25) is 0 Å². The first kappa shape index (κ1) is 17.5. The maximum atomic E-state index is 5.24. The van der Waals surface area contributed by atoms with Crippen molar-refractivity contribution in [2.45, 2.75) is 12.7 Å². The summed E-state index contributed by atoms with van der Waals surface area (Å²) in [5, 5.41) is 4.33. The molecule has 0 fully saturated rings. The maximum absolute atomic E-state index is 5.24. The van der Waals surface area contributed by atoms with Crippen LogP contribution < -0.4 is 10.2 Å². The second kappa shape index (κ2) is 9.33. The fraction of sp³-hybridized carbons (Fsp3) is 0.222. The lowest BCUT2D eigenvalue weighted by Gasteiger charge is -2.24. The summed E-state index contributed by atoms with van der Waals surface area (Å²) in [5.74, 6) is 0.856. The van der Waals surface area contributed by atoms with Gasteiger partial charge in [0.05, 0.1) is 0 Å². The fourth-order valence-electron chi connectivity index (χ4n) is 2.07. The van der Waals surface area contributed by atoms with Crippen LogP contribution in [0.5, 0.6) is 0 Å². The average Bonchev–Trinajstić information content (AvgIpc) is 2.61. The summed E-state index contributed by atoms with van der Waals surface area (Å²) in [5.41, 5.74) is 2.39. The van der Waals surface area contributed by atoms with E-state index < -0.39 is 0 Å². The van der Waals surface area contributed by atoms with Gasteiger partial charge in [0, 0.05) is 25.0 Å². The molecular formula is C18H21N3S2. The Kier molecular flexibility index (Phi) is 7.10. The van der Waals surface area contributed by atoms with Gasteiger partial charge in [0.15, 0.2) is 10.3 Å². The number of anilines is 1. The largest absolute Gasteiger partial charge is 0.364 e. The topological polar surface area (TPSA) is 27.6 Å². The molecule has 0 aromatic heterocycles. The molecule has 0 atom stereocenters. The van der Waals surface area contributed by atoms with Crippen LogP contribution in [-0.2, 0) is 5.75 Å². The third-order valence-electron chi connectivity index (χ3n) is 3.24. The average molecular weight is 344 g/mol. The highest BCUT2D eigenvalue weighted by Crippen LogP contribution is 2.22. The smallest absolute Gasteiger partial charge is 0.194 e. The number of amidine groups is 1. The summed E-state index contributed by atoms with van der Waals surface area (Å²) in [6, 6.07) is 20.7. The Bertz CT molecular complexity index is 642. The molecule has 0 radical (unpaired) electrons. The lowest BCUT2D eigenvalue weighted by molar-refractivity contribution is 1.06. The molecule has 23 heavy (non-hydrogen) atoms. The van der Waals surface area contributed by atoms with Crippen molar-refractivity contribution < 1.29 is 0 Å². The Morgan fingerprint density at radius 2 is 1.70 bits per heavy atom. The number of rotatable bonds is 4. The number of nitrogens with one attached hydrogen (secondary N) is 1. The van der Waals surface area contributed by atoms with Gasteiger partial charge >= 0.3 is 0 Å². The molecule has 2 aromatic carbocycles. The number of aliphatic imine (C=N–C) groups is 1. The highest BCUT2D eigenvalue weighted by molar-refractivity contribution is 8.13. The number of thiocarbonyl (C=S) groups is 1. The first-order valence-corrected chi connectivity index (χ1v) is 8.93. The van der Waals surface area contributed by atoms with Crippen LogP contribution in [0.4, 0.5) is 5.69 Å². The molecule has 120 valence electrons. The minimum Gasteiger partial charge on any atom is -0.364 e. The minimum absolute atomic E-state index is 0.495. The van der Waals surface area contributed by atoms with Crippen molar-refractivity contribution in [2.24, 2.45) is 4.99 Å². The van der Waals surface area contributed by atoms with Crippen LogP contribution in [0.3, 0.4) is 0 Å². The van der Waals surface area contributed by atoms with Gasteiger partial charge < -0.3 is 10.2 Å². The van der Waals surface area contributed by atoms with E-state index in [1.165, 1.54) is 5.56 Å². The molecule has 0 aliphatic rings. The highest BCUT2D eigenvalue weighted by atomic mass is 32.2. The number of para-hydroxylation sites is 1. The van der Waals surface area contributed by atoms with Gasteiger partial charge in [-0.15, -0.1) is 0 Å². The molecule has 0 aliphatic carbocycles. The molecule has 2 aromatic rings. The molecule has 0 saturated carbocycles. The Morgan fingerprint density at radius 3 is 2.26 bits per heavy atom. The Hall–Kier alpha value is -1.85. The zero-order valence-electron chi connectivity index (χ0n) is 13.4. The molecule has 0 amide bonds. The molecular weight excluding hydrogens is 322 g/mol. The molecule has 0 aliphatic heterocycles. The minimum atomic E-state index is 0.495. The van der Waals surface area contributed by atoms with Gasteiger partial charge in [-0.25, -0.2) is 0 Å². The third kappa shape index (κ3) is 5.37. The van der Waals surface area contributed by atoms with Crippen molar-refractivity contribution in [1.29, 1.82) is 0 Å². The molecule has 0 spiro atoms. The van der Waals surface area contributed by atoms with Crippen molar-refractivity contribution in [2.75, 3.05) is 18.5 Å². The van der Waals surface area contributed by atoms with Crippen LogP contribution in [0, 0.1) is 0 Å². The zero-order valence-corrected chi connectivity index (χ0v) is 15.0. The second-order valence-electron chi connectivity index (χ2n) is 4.80. The summed E-state index contributed by atoms with van der Waals surface area (Å²) < 4.78 is 0. The Labute approximate surface area is 147 Å². The summed E-state index contributed by atoms with van der Waals surface area (Å²) >= 11 is 6.94. The lowest BCUT2D eigenvalue weighted by atomic mass is 10.2. The summed E-state index contributed by atoms with van der Waals surface area (Å²) in [7, 11) is 1.80. The SMILES string of the molecule is CCN(/C(=N/C(=S)NC)SCc1ccccc1)c1ccccc1. The molecule has 0 heterocycles. The molecule has 0 saturated heterocycles. The normalized spacial score (nSPS) is 11.1. The van der Waals surface area contributed by atoms with Crippen molar-refractivity contribution in [1.82, 2.24) is 5.32 Å². The van der Waals surface area contributed by atoms with Crippen molar-refractivity contribution in [3.8, 4) is 0 Å². The van der Waals surface area contributed by atoms with E-state index >= 15 is 0 Å². The summed E-state index contributed by atoms with van der Waals surface area (Å²) in [4.78, 5) is 6.76. The standard InChI is InChI=1S/C18H21N3S2/c1-3-21(16-12-8-5-9-13-16)18(20-17(22)19-2)23-14-15-10-6-4-7-11-15/h4-13H,3,14H2,1-2H3,(H,19,22)/b20-18-. The first-order valence-electron chi connectivity index (χ1n) is 7.54. The van der Waals surface area contributed by atoms with Gasteiger partial charge in [0.1, 0.15) is 0 Å². The zero-order chi connectivity index (χ0) is 16.5. The van der Waals surface area contributed by atoms with E-state index in [1.54, 1.807) is 18.8 Å². The monoisotopic (exact) mass is 343 g/mol. The van der Waals surface area contributed by atoms with Crippen molar-refractivity contribution in [3.05, 3.63) is 66.2 Å². The van der Waals surface area contributed by atoms with Crippen LogP contribution >= 0.6 is 24.0 Å². The summed E-state index contributed by atoms with van der Waals surface area (Å²) in [6.45, 7) is 2.95. The molecule has 0 bridgehead atoms. The Morgan fingerprint density at radius 1 is 1.09 bits per heavy atom. The van der Waals surface area contributed by atoms with Gasteiger partial charge in [-0.05, 0) is 36.8 Å². The van der Waals surface area contributed by atoms with Gasteiger partial charge in [0.2, 0.25) is 0 Å². The third-order valence-corrected chi connectivity index (χ3v) is 4.58. The van der Waals surface area contributed by atoms with Gasteiger partial charge in [-0.1, -0.05) is 60.3 Å². The summed E-state index contributed by atoms with van der Waals surface area (Å²) in [6.07, 6.45) is 0. The number of benzene rings is 2. The second-order valence-corrected chi connectivity index (χ2v) is 6.13. The maximum Gasteiger partial charge on any atom is 0.194 e. The van der Waals surface area contributed by atoms with Crippen LogP contribution in [0.1, 0.15) is 12.5 Å². The highest BCUT2D eigenvalue weighted by Gasteiger charge is 2.13. The van der Waals surface area contributed by atoms with Gasteiger partial charge in [0.25, 0.3) is 0 Å². The van der Waals surface area contributed by atoms with E-state index in [0.717, 1.165) is 23.2 Å². The van der Waals surface area contributed by atoms with Crippen LogP contribution in [-0.4, -0.2) is 23.9 Å². The molecule has 0 unspecified atom stereocenters. The van der Waals surface area contributed by atoms with E-state index in [9.17, 15) is 0 Å². The van der Waals surface area contributed by atoms with E-state index in [2.05, 4.69) is 58.5 Å². The lowest BCUT2D eigenvalue weighted by Crippen LogP contribution is -2.30. The van der Waals surface area contributed by atoms with Crippen LogP contribution in [0.25, 0.3) is 0 Å². The predicted molar refractivity (Wildman–Crippen MR) is 106 cm³/mol. The molecule has 3 nitrogen and oxygen atoms in total. The van der Waals surface area contributed by atoms with Crippen molar-refractivity contribution >= 4 is 39.9 Å². The van der Waals surface area contributed by atoms with Crippen molar-refractivity contribution in [3.63, 3.8) is 0 Å². The number of thioether (sulfide) groups is 1. The quantitative estimate of drug-likeness (QED) is 0.509.